The Morgan fingerprint density at radius 2 is 1.71 bits per heavy atom. The Hall–Kier alpha value is -2.57. The van der Waals surface area contributed by atoms with Crippen LogP contribution in [0.3, 0.4) is 0 Å². The van der Waals surface area contributed by atoms with Crippen LogP contribution in [-0.4, -0.2) is 47.4 Å². The van der Waals surface area contributed by atoms with Gasteiger partial charge in [0.05, 0.1) is 11.7 Å². The van der Waals surface area contributed by atoms with Crippen molar-refractivity contribution in [3.8, 4) is 0 Å². The zero-order valence-electron chi connectivity index (χ0n) is 18.6. The van der Waals surface area contributed by atoms with E-state index in [0.717, 1.165) is 16.7 Å². The Labute approximate surface area is 182 Å². The Balaban J connectivity index is 0.00000107. The lowest BCUT2D eigenvalue weighted by Crippen LogP contribution is -2.34. The second-order valence-electron chi connectivity index (χ2n) is 8.22. The van der Waals surface area contributed by atoms with Crippen LogP contribution < -0.4 is 0 Å². The molecule has 2 heterocycles. The molecule has 0 bridgehead atoms. The fraction of sp³-hybridized carbons (Fsp3) is 0.500. The van der Waals surface area contributed by atoms with Crippen molar-refractivity contribution in [1.82, 2.24) is 0 Å². The highest BCUT2D eigenvalue weighted by Crippen LogP contribution is 2.33. The topological polar surface area (TPSA) is 99.1 Å². The Bertz CT molecular complexity index is 878. The quantitative estimate of drug-likeness (QED) is 0.497. The van der Waals surface area contributed by atoms with Crippen molar-refractivity contribution in [2.75, 3.05) is 0 Å². The molecule has 1 unspecified atom stereocenters. The molecule has 2 aliphatic heterocycles. The third-order valence-corrected chi connectivity index (χ3v) is 5.20. The van der Waals surface area contributed by atoms with E-state index < -0.39 is 18.0 Å². The molecule has 0 aliphatic carbocycles. The zero-order valence-corrected chi connectivity index (χ0v) is 18.6. The van der Waals surface area contributed by atoms with Crippen LogP contribution in [-0.2, 0) is 23.8 Å². The average molecular weight is 430 g/mol. The zero-order chi connectivity index (χ0) is 23.2. The van der Waals surface area contributed by atoms with E-state index in [0.29, 0.717) is 18.4 Å². The number of aryl methyl sites for hydroxylation is 2. The number of benzene rings is 1. The molecule has 0 spiro atoms. The number of aliphatic hydroxyl groups excluding tert-OH is 1. The summed E-state index contributed by atoms with van der Waals surface area (Å²) in [6, 6.07) is 3.95. The van der Waals surface area contributed by atoms with Crippen LogP contribution in [0.2, 0.25) is 0 Å². The van der Waals surface area contributed by atoms with Gasteiger partial charge in [-0.05, 0) is 57.7 Å². The molecule has 1 aromatic carbocycles. The van der Waals surface area contributed by atoms with E-state index >= 15 is 0 Å². The van der Waals surface area contributed by atoms with Crippen LogP contribution in [0.5, 0.6) is 0 Å². The van der Waals surface area contributed by atoms with Crippen molar-refractivity contribution >= 4 is 18.2 Å². The number of fused-ring (bicyclic) bond motifs is 2. The van der Waals surface area contributed by atoms with Gasteiger partial charge in [-0.2, -0.15) is 9.59 Å². The summed E-state index contributed by atoms with van der Waals surface area (Å²) in [7, 11) is 0. The minimum Gasteiger partial charge on any atom is -0.459 e. The predicted octanol–water partition coefficient (Wildman–Crippen LogP) is 3.51. The maximum absolute atomic E-state index is 12.8. The van der Waals surface area contributed by atoms with Crippen molar-refractivity contribution in [2.24, 2.45) is 0 Å². The number of cyclic esters (lactones) is 1. The van der Waals surface area contributed by atoms with Crippen molar-refractivity contribution in [3.05, 3.63) is 52.6 Å². The highest BCUT2D eigenvalue weighted by molar-refractivity contribution is 5.96. The van der Waals surface area contributed by atoms with Gasteiger partial charge in [-0.3, -0.25) is 0 Å². The van der Waals surface area contributed by atoms with E-state index in [4.69, 9.17) is 23.8 Å². The Morgan fingerprint density at radius 1 is 1.06 bits per heavy atom. The summed E-state index contributed by atoms with van der Waals surface area (Å²) in [6.45, 7) is 9.46. The molecule has 1 aromatic rings. The first kappa shape index (κ1) is 24.7. The summed E-state index contributed by atoms with van der Waals surface area (Å²) in [5, 5.41) is 10.6. The number of hydrogen-bond acceptors (Lipinski definition) is 7. The third-order valence-electron chi connectivity index (χ3n) is 5.20. The second kappa shape index (κ2) is 10.6. The molecule has 31 heavy (non-hydrogen) atoms. The first-order valence-corrected chi connectivity index (χ1v) is 10.3. The third kappa shape index (κ3) is 6.45. The summed E-state index contributed by atoms with van der Waals surface area (Å²) in [6.07, 6.45) is 6.98. The van der Waals surface area contributed by atoms with Gasteiger partial charge in [0.2, 0.25) is 0 Å². The first-order valence-electron chi connectivity index (χ1n) is 10.3. The number of aliphatic hydroxyl groups is 1. The molecule has 3 rings (SSSR count). The van der Waals surface area contributed by atoms with Crippen LogP contribution in [0.25, 0.3) is 6.08 Å². The van der Waals surface area contributed by atoms with Crippen LogP contribution >= 0.6 is 0 Å². The van der Waals surface area contributed by atoms with Crippen LogP contribution in [0.15, 0.2) is 30.4 Å². The Kier molecular flexibility index (Phi) is 8.48. The van der Waals surface area contributed by atoms with E-state index in [9.17, 15) is 9.90 Å². The standard InChI is InChI=1S/C23H30O5.CO2/c1-14-12-13-15(2)20-17(14)9-7-11-19-21(28-23(4,5)27-19)18(24)10-6-8-16(3)26-22(20)25;2-1-3/h6-7,9-10,12-13,16,18-19,21,24H,8,11H2,1-5H3;/b9-7+,10-6-;/t16-,18?,19-,21+;/m0./s1. The minimum absolute atomic E-state index is 0.250. The maximum atomic E-state index is 12.8. The molecule has 0 saturated carbocycles. The molecule has 1 fully saturated rings. The molecule has 1 saturated heterocycles. The van der Waals surface area contributed by atoms with E-state index in [2.05, 4.69) is 0 Å². The van der Waals surface area contributed by atoms with Crippen molar-refractivity contribution in [1.29, 1.82) is 0 Å². The van der Waals surface area contributed by atoms with Crippen molar-refractivity contribution in [2.45, 2.75) is 77.7 Å². The molecule has 7 heteroatoms. The average Bonchev–Trinajstić information content (AvgIpc) is 2.99. The SMILES string of the molecule is Cc1ccc(C)c2c1/C=C/C[C@@H]1OC(C)(C)O[C@@H]1C(O)/C=C\C[C@H](C)OC2=O.O=C=O. The summed E-state index contributed by atoms with van der Waals surface area (Å²) < 4.78 is 17.6. The van der Waals surface area contributed by atoms with Gasteiger partial charge in [-0.15, -0.1) is 0 Å². The van der Waals surface area contributed by atoms with Gasteiger partial charge in [-0.25, -0.2) is 4.79 Å². The highest BCUT2D eigenvalue weighted by atomic mass is 16.8. The monoisotopic (exact) mass is 430 g/mol. The number of hydrogen-bond donors (Lipinski definition) is 1. The smallest absolute Gasteiger partial charge is 0.373 e. The van der Waals surface area contributed by atoms with Gasteiger partial charge >= 0.3 is 12.1 Å². The van der Waals surface area contributed by atoms with Crippen LogP contribution in [0.1, 0.15) is 60.7 Å². The number of carbonyl (C=O) groups excluding carboxylic acids is 3. The minimum atomic E-state index is -0.790. The number of ether oxygens (including phenoxy) is 3. The van der Waals surface area contributed by atoms with Gasteiger partial charge in [0.15, 0.2) is 5.79 Å². The second-order valence-corrected chi connectivity index (χ2v) is 8.22. The summed E-state index contributed by atoms with van der Waals surface area (Å²) >= 11 is 0. The molecular weight excluding hydrogens is 400 g/mol. The normalized spacial score (nSPS) is 29.7. The number of esters is 1. The lowest BCUT2D eigenvalue weighted by molar-refractivity contribution is -0.191. The summed E-state index contributed by atoms with van der Waals surface area (Å²) in [5.74, 6) is -1.07. The van der Waals surface area contributed by atoms with Crippen LogP contribution in [0, 0.1) is 13.8 Å². The van der Waals surface area contributed by atoms with E-state index in [1.54, 1.807) is 6.08 Å². The maximum Gasteiger partial charge on any atom is 0.373 e. The van der Waals surface area contributed by atoms with E-state index in [1.807, 2.05) is 65.0 Å². The molecule has 2 aliphatic rings. The van der Waals surface area contributed by atoms with Gasteiger partial charge < -0.3 is 19.3 Å². The van der Waals surface area contributed by atoms with Gasteiger partial charge in [-0.1, -0.05) is 36.4 Å². The molecule has 7 nitrogen and oxygen atoms in total. The lowest BCUT2D eigenvalue weighted by atomic mass is 9.95. The summed E-state index contributed by atoms with van der Waals surface area (Å²) in [5.41, 5.74) is 3.36. The predicted molar refractivity (Wildman–Crippen MR) is 113 cm³/mol. The molecular formula is C24H30O7. The molecule has 0 aromatic heterocycles. The van der Waals surface area contributed by atoms with E-state index in [-0.39, 0.29) is 24.3 Å². The molecule has 168 valence electrons. The highest BCUT2D eigenvalue weighted by Gasteiger charge is 2.43. The fourth-order valence-corrected chi connectivity index (χ4v) is 3.78. The fourth-order valence-electron chi connectivity index (χ4n) is 3.78. The molecule has 1 N–H and O–H groups in total. The van der Waals surface area contributed by atoms with Gasteiger partial charge in [0.1, 0.15) is 18.3 Å². The Morgan fingerprint density at radius 3 is 2.39 bits per heavy atom. The first-order chi connectivity index (χ1) is 14.6. The van der Waals surface area contributed by atoms with Gasteiger partial charge in [0.25, 0.3) is 0 Å². The van der Waals surface area contributed by atoms with Crippen molar-refractivity contribution in [3.63, 3.8) is 0 Å². The van der Waals surface area contributed by atoms with Crippen molar-refractivity contribution < 1.29 is 33.7 Å². The van der Waals surface area contributed by atoms with Crippen LogP contribution in [0.4, 0.5) is 0 Å². The number of carbonyl (C=O) groups is 1. The lowest BCUT2D eigenvalue weighted by Gasteiger charge is -2.20. The van der Waals surface area contributed by atoms with E-state index in [1.165, 1.54) is 0 Å². The van der Waals surface area contributed by atoms with Gasteiger partial charge in [0, 0.05) is 6.42 Å². The molecule has 0 amide bonds. The largest absolute Gasteiger partial charge is 0.459 e. The number of rotatable bonds is 0. The summed E-state index contributed by atoms with van der Waals surface area (Å²) in [4.78, 5) is 29.1. The molecule has 4 atom stereocenters. The molecule has 0 radical (unpaired) electrons.